The van der Waals surface area contributed by atoms with Crippen LogP contribution >= 0.6 is 0 Å². The normalized spacial score (nSPS) is 14.7. The summed E-state index contributed by atoms with van der Waals surface area (Å²) in [6, 6.07) is 0. The number of hydrogen-bond donors (Lipinski definition) is 2. The van der Waals surface area contributed by atoms with Crippen LogP contribution in [-0.4, -0.2) is 64.0 Å². The fourth-order valence-corrected chi connectivity index (χ4v) is 4.26. The van der Waals surface area contributed by atoms with Crippen LogP contribution in [0.15, 0.2) is 0 Å². The van der Waals surface area contributed by atoms with Gasteiger partial charge in [0.1, 0.15) is 0 Å². The van der Waals surface area contributed by atoms with Crippen LogP contribution in [0.5, 0.6) is 0 Å². The van der Waals surface area contributed by atoms with Crippen molar-refractivity contribution in [2.75, 3.05) is 0 Å². The van der Waals surface area contributed by atoms with Gasteiger partial charge in [-0.05, 0) is 0 Å². The molecule has 0 aromatic carbocycles. The van der Waals surface area contributed by atoms with Crippen molar-refractivity contribution in [3.05, 3.63) is 0 Å². The SMILES string of the molecule is C[Te]C(CCC([Te]C)C(=O)O)C(=O)O. The molecule has 0 aromatic rings. The summed E-state index contributed by atoms with van der Waals surface area (Å²) in [5.41, 5.74) is 0. The third kappa shape index (κ3) is 5.41. The van der Waals surface area contributed by atoms with E-state index < -0.39 is 53.8 Å². The Kier molecular flexibility index (Phi) is 8.05. The van der Waals surface area contributed by atoms with E-state index >= 15 is 0 Å². The van der Waals surface area contributed by atoms with Crippen LogP contribution < -0.4 is 0 Å². The average Bonchev–Trinajstić information content (AvgIpc) is 2.11. The number of rotatable bonds is 7. The Morgan fingerprint density at radius 3 is 1.43 bits per heavy atom. The molecule has 0 aliphatic rings. The third-order valence-corrected chi connectivity index (χ3v) is 7.56. The number of carboxylic acid groups (broad SMARTS) is 2. The molecule has 14 heavy (non-hydrogen) atoms. The monoisotopic (exact) mass is 434 g/mol. The Bertz CT molecular complexity index is 186. The van der Waals surface area contributed by atoms with Crippen molar-refractivity contribution in [1.82, 2.24) is 0 Å². The zero-order valence-electron chi connectivity index (χ0n) is 8.10. The molecule has 6 heteroatoms. The van der Waals surface area contributed by atoms with Crippen LogP contribution in [0.4, 0.5) is 0 Å². The Balaban J connectivity index is 4.00. The van der Waals surface area contributed by atoms with Crippen LogP contribution in [0, 0.1) is 0 Å². The van der Waals surface area contributed by atoms with E-state index in [2.05, 4.69) is 0 Å². The van der Waals surface area contributed by atoms with Gasteiger partial charge in [0.2, 0.25) is 0 Å². The third-order valence-electron chi connectivity index (χ3n) is 1.81. The molecule has 0 saturated carbocycles. The molecule has 0 amide bonds. The first kappa shape index (κ1) is 14.5. The minimum atomic E-state index is -0.754. The Morgan fingerprint density at radius 1 is 1.00 bits per heavy atom. The van der Waals surface area contributed by atoms with Crippen LogP contribution in [0.3, 0.4) is 0 Å². The molecule has 0 radical (unpaired) electrons. The van der Waals surface area contributed by atoms with Crippen molar-refractivity contribution in [3.8, 4) is 0 Å². The van der Waals surface area contributed by atoms with Crippen LogP contribution in [0.2, 0.25) is 17.9 Å². The molecule has 0 bridgehead atoms. The summed E-state index contributed by atoms with van der Waals surface area (Å²) in [6.07, 6.45) is 1.09. The Morgan fingerprint density at radius 2 is 1.29 bits per heavy atom. The number of aliphatic carboxylic acids is 2. The first-order chi connectivity index (χ1) is 6.52. The van der Waals surface area contributed by atoms with E-state index in [0.29, 0.717) is 12.8 Å². The molecule has 2 unspecified atom stereocenters. The van der Waals surface area contributed by atoms with E-state index in [1.165, 1.54) is 0 Å². The van der Waals surface area contributed by atoms with Crippen molar-refractivity contribution in [2.45, 2.75) is 30.7 Å². The zero-order valence-corrected chi connectivity index (χ0v) is 12.8. The number of carbonyl (C=O) groups is 2. The molecule has 2 N–H and O–H groups in total. The first-order valence-corrected chi connectivity index (χ1v) is 11.4. The van der Waals surface area contributed by atoms with Crippen molar-refractivity contribution in [1.29, 1.82) is 0 Å². The van der Waals surface area contributed by atoms with Crippen molar-refractivity contribution in [2.24, 2.45) is 0 Å². The number of hydrogen-bond acceptors (Lipinski definition) is 2. The standard InChI is InChI=1S/C8H14O4Te2/c1-13-5(7(9)10)3-4-6(14-2)8(11)12/h5-6H,3-4H2,1-2H3,(H,9,10)(H,11,12). The zero-order chi connectivity index (χ0) is 11.1. The molecule has 82 valence electrons. The minimum absolute atomic E-state index is 0.249. The van der Waals surface area contributed by atoms with E-state index in [0.717, 1.165) is 0 Å². The molecule has 0 rings (SSSR count). The molecule has 0 saturated heterocycles. The Hall–Kier alpha value is 0.519. The summed E-state index contributed by atoms with van der Waals surface area (Å²) in [5.74, 6) is -1.51. The fourth-order valence-electron chi connectivity index (χ4n) is 0.987. The topological polar surface area (TPSA) is 74.6 Å². The molecule has 2 atom stereocenters. The van der Waals surface area contributed by atoms with E-state index in [1.54, 1.807) is 0 Å². The second-order valence-corrected chi connectivity index (χ2v) is 8.64. The summed E-state index contributed by atoms with van der Waals surface area (Å²) in [6.45, 7) is 0. The average molecular weight is 429 g/mol. The van der Waals surface area contributed by atoms with Gasteiger partial charge < -0.3 is 0 Å². The second-order valence-electron chi connectivity index (χ2n) is 2.70. The predicted molar refractivity (Wildman–Crippen MR) is 55.2 cm³/mol. The molecule has 0 aliphatic heterocycles. The second kappa shape index (κ2) is 7.76. The van der Waals surface area contributed by atoms with Crippen molar-refractivity contribution < 1.29 is 19.8 Å². The summed E-state index contributed by atoms with van der Waals surface area (Å²) in [5, 5.41) is 17.6. The first-order valence-electron chi connectivity index (χ1n) is 4.04. The van der Waals surface area contributed by atoms with Gasteiger partial charge in [-0.2, -0.15) is 0 Å². The molecule has 0 heterocycles. The fraction of sp³-hybridized carbons (Fsp3) is 0.750. The maximum atomic E-state index is 10.7. The van der Waals surface area contributed by atoms with Crippen LogP contribution in [-0.2, 0) is 9.59 Å². The van der Waals surface area contributed by atoms with Crippen LogP contribution in [0.25, 0.3) is 0 Å². The quantitative estimate of drug-likeness (QED) is 0.593. The molecular formula is C8H14O4Te2. The number of carboxylic acids is 2. The van der Waals surface area contributed by atoms with Gasteiger partial charge in [0.05, 0.1) is 0 Å². The molecule has 0 spiro atoms. The Labute approximate surface area is 104 Å². The van der Waals surface area contributed by atoms with Crippen LogP contribution in [0.1, 0.15) is 12.8 Å². The van der Waals surface area contributed by atoms with Gasteiger partial charge in [-0.25, -0.2) is 0 Å². The summed E-state index contributed by atoms with van der Waals surface area (Å²) < 4.78 is -0.498. The molecule has 0 fully saturated rings. The van der Waals surface area contributed by atoms with E-state index in [4.69, 9.17) is 10.2 Å². The summed E-state index contributed by atoms with van der Waals surface area (Å²) in [4.78, 5) is 25.3. The van der Waals surface area contributed by atoms with Crippen molar-refractivity contribution >= 4 is 53.8 Å². The van der Waals surface area contributed by atoms with Crippen molar-refractivity contribution in [3.63, 3.8) is 0 Å². The van der Waals surface area contributed by atoms with E-state index in [1.807, 2.05) is 9.94 Å². The van der Waals surface area contributed by atoms with E-state index in [-0.39, 0.29) is 7.93 Å². The molecule has 0 aliphatic carbocycles. The summed E-state index contributed by atoms with van der Waals surface area (Å²) in [7, 11) is 0. The van der Waals surface area contributed by atoms with Gasteiger partial charge in [0, 0.05) is 0 Å². The van der Waals surface area contributed by atoms with Gasteiger partial charge in [-0.1, -0.05) is 0 Å². The van der Waals surface area contributed by atoms with Gasteiger partial charge in [-0.15, -0.1) is 0 Å². The van der Waals surface area contributed by atoms with Gasteiger partial charge in [-0.3, -0.25) is 0 Å². The predicted octanol–water partition coefficient (Wildman–Crippen LogP) is 1.02. The van der Waals surface area contributed by atoms with Gasteiger partial charge in [0.25, 0.3) is 0 Å². The van der Waals surface area contributed by atoms with Gasteiger partial charge >= 0.3 is 104 Å². The summed E-state index contributed by atoms with van der Waals surface area (Å²) >= 11 is -0.998. The molecule has 4 nitrogen and oxygen atoms in total. The van der Waals surface area contributed by atoms with E-state index in [9.17, 15) is 9.59 Å². The van der Waals surface area contributed by atoms with Gasteiger partial charge in [0.15, 0.2) is 0 Å². The maximum absolute atomic E-state index is 10.7. The molecular weight excluding hydrogens is 415 g/mol. The molecule has 0 aromatic heterocycles.